The third-order valence-corrected chi connectivity index (χ3v) is 15.8. The molecule has 3 rings (SSSR count). The average Bonchev–Trinajstić information content (AvgIpc) is 0.855. The number of unbranched alkanes of at least 4 members (excludes halogenated alkanes) is 9. The molecule has 0 aliphatic rings. The molecule has 0 spiro atoms. The number of aliphatic hydroxyl groups excluding tert-OH is 1. The van der Waals surface area contributed by atoms with E-state index in [-0.39, 0.29) is 59.5 Å². The van der Waals surface area contributed by atoms with Crippen molar-refractivity contribution in [3.05, 3.63) is 86.5 Å². The van der Waals surface area contributed by atoms with Gasteiger partial charge in [0, 0.05) is 53.2 Å². The number of phosphoric ester groups is 1. The number of aliphatic hydroxyl groups is 1. The summed E-state index contributed by atoms with van der Waals surface area (Å²) >= 11 is 0. The summed E-state index contributed by atoms with van der Waals surface area (Å²) in [5, 5.41) is 16.6. The number of hydrogen-bond acceptors (Lipinski definition) is 26. The van der Waals surface area contributed by atoms with Gasteiger partial charge >= 0.3 is 36.2 Å². The van der Waals surface area contributed by atoms with Crippen LogP contribution in [0.3, 0.4) is 0 Å². The van der Waals surface area contributed by atoms with E-state index in [1.807, 2.05) is 86.6 Å². The van der Waals surface area contributed by atoms with Crippen molar-refractivity contribution in [3.63, 3.8) is 0 Å². The lowest BCUT2D eigenvalue weighted by molar-refractivity contribution is -0.223. The van der Waals surface area contributed by atoms with Crippen LogP contribution in [0.5, 0.6) is 17.2 Å². The first-order valence-corrected chi connectivity index (χ1v) is 38.0. The molecular weight excluding hydrogens is 1340 g/mol. The summed E-state index contributed by atoms with van der Waals surface area (Å²) in [4.78, 5) is 104. The molecule has 0 radical (unpaired) electrons. The van der Waals surface area contributed by atoms with Gasteiger partial charge in [-0.25, -0.2) is 28.8 Å². The van der Waals surface area contributed by atoms with Gasteiger partial charge in [0.05, 0.1) is 19.8 Å². The van der Waals surface area contributed by atoms with Crippen LogP contribution >= 0.6 is 23.0 Å². The Morgan fingerprint density at radius 3 is 0.959 bits per heavy atom. The third-order valence-electron chi connectivity index (χ3n) is 13.3. The molecule has 558 valence electrons. The molecular formula is C66H105N3O26P3-3. The maximum Gasteiger partial charge on any atom is 0.407 e. The van der Waals surface area contributed by atoms with Crippen LogP contribution in [0.4, 0.5) is 14.4 Å². The van der Waals surface area contributed by atoms with Crippen molar-refractivity contribution in [1.82, 2.24) is 16.0 Å². The number of carbonyl (C=O) groups excluding carboxylic acids is 6. The van der Waals surface area contributed by atoms with Gasteiger partial charge in [-0.15, -0.1) is 0 Å². The fourth-order valence-electron chi connectivity index (χ4n) is 8.80. The molecule has 3 aromatic rings. The Kier molecular flexibility index (Phi) is 48.0. The lowest BCUT2D eigenvalue weighted by Gasteiger charge is -2.20. The van der Waals surface area contributed by atoms with Gasteiger partial charge in [0.15, 0.2) is 7.60 Å². The Hall–Kier alpha value is -5.87. The number of aryl methyl sites for hydroxylation is 6. The molecule has 0 heterocycles. The summed E-state index contributed by atoms with van der Waals surface area (Å²) in [5.41, 5.74) is 6.95. The molecule has 29 nitrogen and oxygen atoms in total. The van der Waals surface area contributed by atoms with Crippen molar-refractivity contribution in [1.29, 1.82) is 0 Å². The summed E-state index contributed by atoms with van der Waals surface area (Å²) in [7, 11) is -10.8. The number of amides is 3. The second kappa shape index (κ2) is 52.2. The van der Waals surface area contributed by atoms with Crippen LogP contribution in [0.15, 0.2) is 36.4 Å². The molecule has 0 aromatic heterocycles. The molecule has 32 heteroatoms. The molecule has 3 unspecified atom stereocenters. The predicted molar refractivity (Wildman–Crippen MR) is 359 cm³/mol. The van der Waals surface area contributed by atoms with Gasteiger partial charge in [-0.3, -0.25) is 4.57 Å². The minimum Gasteiger partial charge on any atom is -0.779 e. The summed E-state index contributed by atoms with van der Waals surface area (Å²) in [6.07, 6.45) is 8.66. The predicted octanol–water partition coefficient (Wildman–Crippen LogP) is 10.1. The minimum absolute atomic E-state index is 0.0419. The van der Waals surface area contributed by atoms with Crippen LogP contribution in [-0.4, -0.2) is 141 Å². The largest absolute Gasteiger partial charge is 0.779 e. The molecule has 0 bridgehead atoms. The van der Waals surface area contributed by atoms with Crippen LogP contribution in [0.2, 0.25) is 0 Å². The number of nitrogens with one attached hydrogen (secondary N) is 3. The van der Waals surface area contributed by atoms with Crippen molar-refractivity contribution in [2.24, 2.45) is 0 Å². The van der Waals surface area contributed by atoms with Crippen molar-refractivity contribution >= 4 is 59.2 Å². The maximum absolute atomic E-state index is 11.9. The Balaban J connectivity index is 0.000000735. The highest BCUT2D eigenvalue weighted by molar-refractivity contribution is 7.51. The number of phosphoric acid groups is 1. The number of esters is 3. The Morgan fingerprint density at radius 2 is 0.694 bits per heavy atom. The SMILES string of the molecule is CCCOCC(=O)Oc1c(C)cc(COC(=O)NCCCCCCOP(=O)([O-])CO)cc1C.CCCOCC(=O)Oc1c(C)cc(COC(=O)NCCCCCCOP(=O)([O-])OC)cc1C.CCCOCC(=O)Oc1c(C)cc(COC(=O)NCCCCCCOP(C)(=O)[O-])cc1C. The van der Waals surface area contributed by atoms with Crippen LogP contribution in [0, 0.1) is 41.5 Å². The Labute approximate surface area is 577 Å². The summed E-state index contributed by atoms with van der Waals surface area (Å²) in [6, 6.07) is 10.8. The second-order valence-electron chi connectivity index (χ2n) is 22.7. The standard InChI is InChI=1S/2C22H36NO9P.C22H36NO8P/c1-5-11-29-16-20(24)32-21-17(2)13-19(14-18(21)3)15-30-22(25)23-10-8-6-7-9-12-31-33(26,27)28-4;1-4-10-29-15-20(25)32-21-17(2)12-19(13-18(21)3)14-30-22(26)23-9-7-5-6-8-11-31-33(27,28)16-24;1-5-11-28-16-20(24)31-21-17(2)13-19(14-18(21)3)15-29-22(25)23-10-8-6-7-9-12-30-32(4,26)27/h13-14H,5-12,15-16H2,1-4H3,(H,23,25)(H,26,27);12-13,24H,4-11,14-16H2,1-3H3,(H,23,26)(H,27,28);13-14H,5-12,15-16H2,1-4H3,(H,23,25)(H,26,27)/p-3. The first-order valence-electron chi connectivity index (χ1n) is 32.9. The van der Waals surface area contributed by atoms with E-state index < -0.39 is 65.5 Å². The van der Waals surface area contributed by atoms with E-state index in [1.165, 1.54) is 0 Å². The van der Waals surface area contributed by atoms with E-state index in [2.05, 4.69) is 29.5 Å². The number of benzene rings is 3. The molecule has 3 atom stereocenters. The van der Waals surface area contributed by atoms with Crippen LogP contribution < -0.4 is 44.8 Å². The van der Waals surface area contributed by atoms with Gasteiger partial charge in [0.2, 0.25) is 0 Å². The van der Waals surface area contributed by atoms with Gasteiger partial charge in [-0.05, 0) is 186 Å². The summed E-state index contributed by atoms with van der Waals surface area (Å²) < 4.78 is 98.5. The molecule has 0 saturated heterocycles. The average molecular weight is 1450 g/mol. The van der Waals surface area contributed by atoms with E-state index in [9.17, 15) is 57.1 Å². The van der Waals surface area contributed by atoms with Gasteiger partial charge < -0.3 is 106 Å². The minimum atomic E-state index is -4.15. The van der Waals surface area contributed by atoms with Crippen molar-refractivity contribution in [2.75, 3.05) is 99.2 Å². The van der Waals surface area contributed by atoms with Gasteiger partial charge in [0.1, 0.15) is 70.8 Å². The highest BCUT2D eigenvalue weighted by Crippen LogP contribution is 2.37. The van der Waals surface area contributed by atoms with Gasteiger partial charge in [-0.2, -0.15) is 0 Å². The van der Waals surface area contributed by atoms with Crippen molar-refractivity contribution in [2.45, 2.75) is 178 Å². The van der Waals surface area contributed by atoms with E-state index in [1.54, 1.807) is 12.1 Å². The lowest BCUT2D eigenvalue weighted by atomic mass is 10.1. The molecule has 0 aliphatic carbocycles. The van der Waals surface area contributed by atoms with Crippen LogP contribution in [0.1, 0.15) is 167 Å². The molecule has 3 aromatic carbocycles. The number of carbonyl (C=O) groups is 6. The van der Waals surface area contributed by atoms with E-state index in [0.29, 0.717) is 82.4 Å². The molecule has 98 heavy (non-hydrogen) atoms. The fraction of sp³-hybridized carbons (Fsp3) is 0.636. The number of alkyl carbamates (subject to hydrolysis) is 3. The second-order valence-corrected chi connectivity index (χ2v) is 27.7. The van der Waals surface area contributed by atoms with Crippen molar-refractivity contribution < 1.29 is 123 Å². The van der Waals surface area contributed by atoms with E-state index in [0.717, 1.165) is 134 Å². The number of ether oxygens (including phenoxy) is 9. The zero-order chi connectivity index (χ0) is 73.4. The topological polar surface area (TPSA) is 399 Å². The Morgan fingerprint density at radius 1 is 0.418 bits per heavy atom. The van der Waals surface area contributed by atoms with Crippen molar-refractivity contribution in [3.8, 4) is 17.2 Å². The molecule has 0 fully saturated rings. The van der Waals surface area contributed by atoms with E-state index >= 15 is 0 Å². The normalized spacial score (nSPS) is 12.8. The van der Waals surface area contributed by atoms with Gasteiger partial charge in [-0.1, -0.05) is 59.3 Å². The van der Waals surface area contributed by atoms with Crippen LogP contribution in [0.25, 0.3) is 0 Å². The third kappa shape index (κ3) is 45.0. The summed E-state index contributed by atoms with van der Waals surface area (Å²) in [5.74, 6) is 0.0983. The first kappa shape index (κ1) is 90.1. The summed E-state index contributed by atoms with van der Waals surface area (Å²) in [6.45, 7) is 21.0. The van der Waals surface area contributed by atoms with E-state index in [4.69, 9.17) is 52.3 Å². The number of hydrogen-bond donors (Lipinski definition) is 4. The first-order chi connectivity index (χ1) is 46.5. The molecule has 4 N–H and O–H groups in total. The maximum atomic E-state index is 11.9. The smallest absolute Gasteiger partial charge is 0.407 e. The fourth-order valence-corrected chi connectivity index (χ4v) is 10.2. The highest BCUT2D eigenvalue weighted by atomic mass is 31.2. The quantitative estimate of drug-likeness (QED) is 0.0134. The molecule has 3 amide bonds. The van der Waals surface area contributed by atoms with Gasteiger partial charge in [0.25, 0.3) is 7.82 Å². The zero-order valence-corrected chi connectivity index (χ0v) is 61.6. The molecule has 0 aliphatic heterocycles. The zero-order valence-electron chi connectivity index (χ0n) is 58.9. The monoisotopic (exact) mass is 1450 g/mol. The molecule has 0 saturated carbocycles. The lowest BCUT2D eigenvalue weighted by Crippen LogP contribution is -2.25. The highest BCUT2D eigenvalue weighted by Gasteiger charge is 2.17. The van der Waals surface area contributed by atoms with Crippen LogP contribution in [-0.2, 0) is 94.4 Å². The Bertz CT molecular complexity index is 2800. The number of rotatable bonds is 47.